The van der Waals surface area contributed by atoms with E-state index in [2.05, 4.69) is 39.2 Å². The smallest absolute Gasteiger partial charge is 0.255 e. The Hall–Kier alpha value is -2.24. The zero-order valence-electron chi connectivity index (χ0n) is 9.62. The highest BCUT2D eigenvalue weighted by atomic mass is 15.3. The molecule has 0 aromatic carbocycles. The van der Waals surface area contributed by atoms with Crippen molar-refractivity contribution in [2.75, 3.05) is 0 Å². The van der Waals surface area contributed by atoms with Crippen LogP contribution in [-0.4, -0.2) is 29.8 Å². The minimum atomic E-state index is 0.358. The summed E-state index contributed by atoms with van der Waals surface area (Å²) in [7, 11) is 0. The minimum Gasteiger partial charge on any atom is -0.282 e. The summed E-state index contributed by atoms with van der Waals surface area (Å²) in [4.78, 5) is 4.15. The molecule has 0 unspecified atom stereocenters. The van der Waals surface area contributed by atoms with Crippen LogP contribution < -0.4 is 0 Å². The van der Waals surface area contributed by atoms with Gasteiger partial charge in [-0.1, -0.05) is 13.8 Å². The van der Waals surface area contributed by atoms with E-state index in [0.29, 0.717) is 11.7 Å². The molecule has 0 atom stereocenters. The summed E-state index contributed by atoms with van der Waals surface area (Å²) in [6, 6.07) is 1.86. The van der Waals surface area contributed by atoms with E-state index in [9.17, 15) is 0 Å². The van der Waals surface area contributed by atoms with Crippen LogP contribution in [0.4, 0.5) is 0 Å². The Morgan fingerprint density at radius 2 is 2.18 bits per heavy atom. The molecule has 0 fully saturated rings. The third-order valence-corrected chi connectivity index (χ3v) is 2.68. The number of hydrogen-bond donors (Lipinski definition) is 1. The molecule has 6 heteroatoms. The molecule has 86 valence electrons. The summed E-state index contributed by atoms with van der Waals surface area (Å²) in [6.07, 6.45) is 5.38. The molecule has 0 saturated heterocycles. The van der Waals surface area contributed by atoms with E-state index in [4.69, 9.17) is 0 Å². The fourth-order valence-corrected chi connectivity index (χ4v) is 1.84. The number of hydrogen-bond acceptors (Lipinski definition) is 4. The SMILES string of the molecule is CC(C)c1[nH]ncc1-c1nnc2ncccn12. The normalized spacial score (nSPS) is 11.5. The van der Waals surface area contributed by atoms with Crippen molar-refractivity contribution in [1.82, 2.24) is 29.8 Å². The highest BCUT2D eigenvalue weighted by molar-refractivity contribution is 5.60. The molecule has 0 aliphatic carbocycles. The topological polar surface area (TPSA) is 71.8 Å². The molecule has 0 amide bonds. The molecule has 3 aromatic heterocycles. The van der Waals surface area contributed by atoms with Crippen LogP contribution in [0.3, 0.4) is 0 Å². The molecule has 0 aliphatic heterocycles. The van der Waals surface area contributed by atoms with Gasteiger partial charge < -0.3 is 0 Å². The van der Waals surface area contributed by atoms with Gasteiger partial charge in [0, 0.05) is 18.1 Å². The molecular weight excluding hydrogens is 216 g/mol. The molecule has 0 spiro atoms. The predicted molar refractivity (Wildman–Crippen MR) is 62.5 cm³/mol. The van der Waals surface area contributed by atoms with Crippen LogP contribution in [0, 0.1) is 0 Å². The fourth-order valence-electron chi connectivity index (χ4n) is 1.84. The largest absolute Gasteiger partial charge is 0.282 e. The number of aromatic amines is 1. The van der Waals surface area contributed by atoms with E-state index in [1.54, 1.807) is 12.4 Å². The van der Waals surface area contributed by atoms with Crippen molar-refractivity contribution in [2.45, 2.75) is 19.8 Å². The van der Waals surface area contributed by atoms with E-state index in [0.717, 1.165) is 17.1 Å². The number of fused-ring (bicyclic) bond motifs is 1. The second kappa shape index (κ2) is 3.65. The van der Waals surface area contributed by atoms with Gasteiger partial charge in [0.25, 0.3) is 5.78 Å². The zero-order valence-corrected chi connectivity index (χ0v) is 9.62. The number of nitrogens with zero attached hydrogens (tertiary/aromatic N) is 5. The summed E-state index contributed by atoms with van der Waals surface area (Å²) in [5.74, 6) is 1.72. The monoisotopic (exact) mass is 228 g/mol. The average molecular weight is 228 g/mol. The van der Waals surface area contributed by atoms with Gasteiger partial charge in [0.15, 0.2) is 5.82 Å². The van der Waals surface area contributed by atoms with Crippen molar-refractivity contribution in [2.24, 2.45) is 0 Å². The summed E-state index contributed by atoms with van der Waals surface area (Å²) in [6.45, 7) is 4.22. The Balaban J connectivity index is 2.24. The molecular formula is C11H12N6. The zero-order chi connectivity index (χ0) is 11.8. The van der Waals surface area contributed by atoms with Crippen LogP contribution in [0.15, 0.2) is 24.7 Å². The number of rotatable bonds is 2. The predicted octanol–water partition coefficient (Wildman–Crippen LogP) is 1.64. The van der Waals surface area contributed by atoms with E-state index >= 15 is 0 Å². The number of H-pyrrole nitrogens is 1. The van der Waals surface area contributed by atoms with E-state index in [-0.39, 0.29) is 0 Å². The molecule has 0 aliphatic rings. The van der Waals surface area contributed by atoms with Gasteiger partial charge >= 0.3 is 0 Å². The lowest BCUT2D eigenvalue weighted by Gasteiger charge is -2.04. The van der Waals surface area contributed by atoms with Gasteiger partial charge in [-0.05, 0) is 12.0 Å². The van der Waals surface area contributed by atoms with Crippen LogP contribution in [0.5, 0.6) is 0 Å². The molecule has 0 radical (unpaired) electrons. The third kappa shape index (κ3) is 1.49. The molecule has 0 saturated carbocycles. The first-order valence-electron chi connectivity index (χ1n) is 5.46. The Morgan fingerprint density at radius 1 is 1.29 bits per heavy atom. The van der Waals surface area contributed by atoms with E-state index < -0.39 is 0 Å². The van der Waals surface area contributed by atoms with Crippen LogP contribution in [0.2, 0.25) is 0 Å². The molecule has 17 heavy (non-hydrogen) atoms. The highest BCUT2D eigenvalue weighted by Gasteiger charge is 2.16. The van der Waals surface area contributed by atoms with Gasteiger partial charge in [-0.25, -0.2) is 4.98 Å². The second-order valence-electron chi connectivity index (χ2n) is 4.17. The maximum Gasteiger partial charge on any atom is 0.255 e. The van der Waals surface area contributed by atoms with Crippen molar-refractivity contribution >= 4 is 5.78 Å². The summed E-state index contributed by atoms with van der Waals surface area (Å²) in [5.41, 5.74) is 2.03. The molecule has 6 nitrogen and oxygen atoms in total. The van der Waals surface area contributed by atoms with Crippen molar-refractivity contribution in [3.05, 3.63) is 30.4 Å². The van der Waals surface area contributed by atoms with E-state index in [1.807, 2.05) is 16.7 Å². The van der Waals surface area contributed by atoms with Gasteiger partial charge in [0.05, 0.1) is 11.8 Å². The Labute approximate surface area is 97.7 Å². The fraction of sp³-hybridized carbons (Fsp3) is 0.273. The first kappa shape index (κ1) is 9.95. The van der Waals surface area contributed by atoms with Gasteiger partial charge in [-0.2, -0.15) is 5.10 Å². The van der Waals surface area contributed by atoms with Crippen molar-refractivity contribution in [3.63, 3.8) is 0 Å². The molecule has 3 aromatic rings. The number of nitrogens with one attached hydrogen (secondary N) is 1. The lowest BCUT2D eigenvalue weighted by atomic mass is 10.1. The van der Waals surface area contributed by atoms with Gasteiger partial charge in [0.1, 0.15) is 0 Å². The maximum atomic E-state index is 4.17. The minimum absolute atomic E-state index is 0.358. The Bertz CT molecular complexity index is 651. The summed E-state index contributed by atoms with van der Waals surface area (Å²) in [5, 5.41) is 15.3. The van der Waals surface area contributed by atoms with Crippen LogP contribution in [-0.2, 0) is 0 Å². The molecule has 0 bridgehead atoms. The Kier molecular flexibility index (Phi) is 2.14. The van der Waals surface area contributed by atoms with Crippen LogP contribution >= 0.6 is 0 Å². The number of aromatic nitrogens is 6. The second-order valence-corrected chi connectivity index (χ2v) is 4.17. The Morgan fingerprint density at radius 3 is 3.00 bits per heavy atom. The standard InChI is InChI=1S/C11H12N6/c1-7(2)9-8(6-13-14-9)10-15-16-11-12-4-3-5-17(10)11/h3-7H,1-2H3,(H,13,14). The van der Waals surface area contributed by atoms with Gasteiger partial charge in [0.2, 0.25) is 0 Å². The molecule has 3 rings (SSSR count). The third-order valence-electron chi connectivity index (χ3n) is 2.68. The summed E-state index contributed by atoms with van der Waals surface area (Å²) >= 11 is 0. The van der Waals surface area contributed by atoms with Crippen molar-refractivity contribution in [3.8, 4) is 11.4 Å². The van der Waals surface area contributed by atoms with Gasteiger partial charge in [-0.15, -0.1) is 10.2 Å². The first-order chi connectivity index (χ1) is 8.27. The summed E-state index contributed by atoms with van der Waals surface area (Å²) < 4.78 is 1.86. The highest BCUT2D eigenvalue weighted by Crippen LogP contribution is 2.25. The maximum absolute atomic E-state index is 4.17. The molecule has 3 heterocycles. The lowest BCUT2D eigenvalue weighted by molar-refractivity contribution is 0.810. The quantitative estimate of drug-likeness (QED) is 0.723. The van der Waals surface area contributed by atoms with Crippen molar-refractivity contribution in [1.29, 1.82) is 0 Å². The lowest BCUT2D eigenvalue weighted by Crippen LogP contribution is -1.95. The average Bonchev–Trinajstić information content (AvgIpc) is 2.94. The van der Waals surface area contributed by atoms with E-state index in [1.165, 1.54) is 0 Å². The molecule has 1 N–H and O–H groups in total. The van der Waals surface area contributed by atoms with Crippen molar-refractivity contribution < 1.29 is 0 Å². The van der Waals surface area contributed by atoms with Gasteiger partial charge in [-0.3, -0.25) is 9.50 Å². The van der Waals surface area contributed by atoms with Crippen LogP contribution in [0.25, 0.3) is 17.2 Å². The van der Waals surface area contributed by atoms with Crippen LogP contribution in [0.1, 0.15) is 25.5 Å². The first-order valence-corrected chi connectivity index (χ1v) is 5.46.